The lowest BCUT2D eigenvalue weighted by molar-refractivity contribution is 0.0765. The van der Waals surface area contributed by atoms with E-state index in [4.69, 9.17) is 0 Å². The van der Waals surface area contributed by atoms with Crippen LogP contribution >= 0.6 is 0 Å². The number of nitrogens with zero attached hydrogens (tertiary/aromatic N) is 3. The fourth-order valence-electron chi connectivity index (χ4n) is 3.66. The average molecular weight is 431 g/mol. The third kappa shape index (κ3) is 5.00. The summed E-state index contributed by atoms with van der Waals surface area (Å²) in [5.41, 5.74) is 4.99. The molecule has 2 N–H and O–H groups in total. The lowest BCUT2D eigenvalue weighted by Gasteiger charge is -2.17. The number of benzene rings is 1. The van der Waals surface area contributed by atoms with Gasteiger partial charge in [0.05, 0.1) is 11.8 Å². The molecule has 7 nitrogen and oxygen atoms in total. The highest BCUT2D eigenvalue weighted by atomic mass is 16.3. The lowest BCUT2D eigenvalue weighted by Crippen LogP contribution is -2.30. The molecule has 4 rings (SSSR count). The molecule has 1 atom stereocenters. The minimum Gasteiger partial charge on any atom is -0.391 e. The molecule has 1 fully saturated rings. The Morgan fingerprint density at radius 2 is 1.88 bits per heavy atom. The Labute approximate surface area is 187 Å². The third-order valence-corrected chi connectivity index (χ3v) is 5.53. The van der Waals surface area contributed by atoms with Gasteiger partial charge >= 0.3 is 0 Å². The number of hydrogen-bond acceptors (Lipinski definition) is 5. The summed E-state index contributed by atoms with van der Waals surface area (Å²) in [7, 11) is 0. The number of rotatable bonds is 5. The molecule has 0 radical (unpaired) electrons. The number of carbonyl (C=O) groups excluding carboxylic acids is 2. The molecule has 3 aromatic rings. The molecule has 1 aliphatic heterocycles. The van der Waals surface area contributed by atoms with Crippen LogP contribution in [0.5, 0.6) is 0 Å². The minimum atomic E-state index is -0.508. The van der Waals surface area contributed by atoms with Gasteiger partial charge in [0.1, 0.15) is 0 Å². The molecule has 1 aromatic carbocycles. The molecule has 0 aliphatic carbocycles. The van der Waals surface area contributed by atoms with E-state index in [1.165, 1.54) is 0 Å². The van der Waals surface area contributed by atoms with Crippen LogP contribution in [0.2, 0.25) is 0 Å². The highest BCUT2D eigenvalue weighted by Gasteiger charge is 2.26. The Morgan fingerprint density at radius 1 is 1.06 bits per heavy atom. The summed E-state index contributed by atoms with van der Waals surface area (Å²) in [6.45, 7) is 4.99. The second-order valence-corrected chi connectivity index (χ2v) is 8.20. The van der Waals surface area contributed by atoms with Crippen LogP contribution in [0.1, 0.15) is 44.0 Å². The van der Waals surface area contributed by atoms with Crippen molar-refractivity contribution in [3.63, 3.8) is 0 Å². The molecule has 1 unspecified atom stereocenters. The zero-order valence-electron chi connectivity index (χ0n) is 18.2. The number of aliphatic hydroxyl groups excluding tert-OH is 1. The van der Waals surface area contributed by atoms with Gasteiger partial charge in [0, 0.05) is 54.4 Å². The summed E-state index contributed by atoms with van der Waals surface area (Å²) in [4.78, 5) is 36.3. The van der Waals surface area contributed by atoms with Crippen LogP contribution in [0.3, 0.4) is 0 Å². The van der Waals surface area contributed by atoms with Crippen molar-refractivity contribution in [3.8, 4) is 11.3 Å². The zero-order valence-corrected chi connectivity index (χ0v) is 18.2. The van der Waals surface area contributed by atoms with E-state index in [9.17, 15) is 14.7 Å². The fraction of sp³-hybridized carbons (Fsp3) is 0.280. The molecule has 1 saturated heterocycles. The first-order valence-electron chi connectivity index (χ1n) is 10.6. The molecule has 2 amide bonds. The molecule has 0 bridgehead atoms. The predicted molar refractivity (Wildman–Crippen MR) is 121 cm³/mol. The van der Waals surface area contributed by atoms with E-state index in [0.717, 1.165) is 16.8 Å². The van der Waals surface area contributed by atoms with Crippen molar-refractivity contribution in [1.29, 1.82) is 0 Å². The maximum atomic E-state index is 13.1. The first-order valence-corrected chi connectivity index (χ1v) is 10.6. The second-order valence-electron chi connectivity index (χ2n) is 8.20. The third-order valence-electron chi connectivity index (χ3n) is 5.53. The van der Waals surface area contributed by atoms with Gasteiger partial charge in [-0.15, -0.1) is 0 Å². The number of likely N-dealkylation sites (tertiary alicyclic amines) is 1. The topological polar surface area (TPSA) is 95.4 Å². The molecule has 7 heteroatoms. The van der Waals surface area contributed by atoms with Crippen LogP contribution in [0, 0.1) is 13.8 Å². The number of amides is 2. The van der Waals surface area contributed by atoms with Crippen LogP contribution in [-0.4, -0.2) is 51.0 Å². The van der Waals surface area contributed by atoms with Crippen LogP contribution in [0.15, 0.2) is 54.9 Å². The Kier molecular flexibility index (Phi) is 6.28. The number of β-amino-alcohol motifs (C(OH)–C–C–N with tert-alkyl or cyclic N) is 1. The summed E-state index contributed by atoms with van der Waals surface area (Å²) < 4.78 is 0. The summed E-state index contributed by atoms with van der Waals surface area (Å²) in [6, 6.07) is 12.7. The van der Waals surface area contributed by atoms with Gasteiger partial charge in [0.15, 0.2) is 0 Å². The van der Waals surface area contributed by atoms with E-state index >= 15 is 0 Å². The molecule has 3 heterocycles. The van der Waals surface area contributed by atoms with Crippen LogP contribution in [-0.2, 0) is 6.54 Å². The Bertz CT molecular complexity index is 1130. The van der Waals surface area contributed by atoms with Crippen molar-refractivity contribution < 1.29 is 14.7 Å². The highest BCUT2D eigenvalue weighted by molar-refractivity contribution is 6.01. The fourth-order valence-corrected chi connectivity index (χ4v) is 3.66. The SMILES string of the molecule is Cc1ccc(-c2cc(C(=O)NCc3ccc(C)nc3)cc(C(=O)N3CCC(O)C3)c2)nc1. The Morgan fingerprint density at radius 3 is 2.53 bits per heavy atom. The van der Waals surface area contributed by atoms with Crippen molar-refractivity contribution in [2.45, 2.75) is 32.9 Å². The van der Waals surface area contributed by atoms with Crippen molar-refractivity contribution in [1.82, 2.24) is 20.2 Å². The number of hydrogen-bond donors (Lipinski definition) is 2. The first-order chi connectivity index (χ1) is 15.4. The summed E-state index contributed by atoms with van der Waals surface area (Å²) in [6.07, 6.45) is 3.54. The van der Waals surface area contributed by atoms with E-state index in [0.29, 0.717) is 48.4 Å². The number of carbonyl (C=O) groups is 2. The number of aryl methyl sites for hydroxylation is 2. The van der Waals surface area contributed by atoms with Crippen LogP contribution in [0.25, 0.3) is 11.3 Å². The lowest BCUT2D eigenvalue weighted by atomic mass is 10.0. The van der Waals surface area contributed by atoms with Gasteiger partial charge < -0.3 is 15.3 Å². The van der Waals surface area contributed by atoms with Gasteiger partial charge in [0.25, 0.3) is 11.8 Å². The smallest absolute Gasteiger partial charge is 0.253 e. The predicted octanol–water partition coefficient (Wildman–Crippen LogP) is 2.90. The largest absolute Gasteiger partial charge is 0.391 e. The van der Waals surface area contributed by atoms with Crippen molar-refractivity contribution >= 4 is 11.8 Å². The number of aliphatic hydroxyl groups is 1. The Hall–Kier alpha value is -3.58. The average Bonchev–Trinajstić information content (AvgIpc) is 3.24. The molecule has 1 aliphatic rings. The summed E-state index contributed by atoms with van der Waals surface area (Å²) in [5, 5.41) is 12.7. The number of pyridine rings is 2. The summed E-state index contributed by atoms with van der Waals surface area (Å²) >= 11 is 0. The highest BCUT2D eigenvalue weighted by Crippen LogP contribution is 2.23. The van der Waals surface area contributed by atoms with Gasteiger partial charge in [-0.1, -0.05) is 12.1 Å². The van der Waals surface area contributed by atoms with E-state index in [1.54, 1.807) is 35.5 Å². The van der Waals surface area contributed by atoms with E-state index in [-0.39, 0.29) is 11.8 Å². The normalized spacial score (nSPS) is 15.6. The molecule has 0 saturated carbocycles. The molecular formula is C25H26N4O3. The molecule has 164 valence electrons. The maximum Gasteiger partial charge on any atom is 0.253 e. The van der Waals surface area contributed by atoms with E-state index in [2.05, 4.69) is 15.3 Å². The zero-order chi connectivity index (χ0) is 22.7. The molecule has 32 heavy (non-hydrogen) atoms. The van der Waals surface area contributed by atoms with E-state index < -0.39 is 6.10 Å². The van der Waals surface area contributed by atoms with Gasteiger partial charge in [0.2, 0.25) is 0 Å². The van der Waals surface area contributed by atoms with E-state index in [1.807, 2.05) is 38.1 Å². The quantitative estimate of drug-likeness (QED) is 0.649. The van der Waals surface area contributed by atoms with Gasteiger partial charge in [-0.05, 0) is 61.7 Å². The van der Waals surface area contributed by atoms with Gasteiger partial charge in [-0.3, -0.25) is 19.6 Å². The first kappa shape index (κ1) is 21.6. The van der Waals surface area contributed by atoms with Gasteiger partial charge in [-0.25, -0.2) is 0 Å². The van der Waals surface area contributed by atoms with Crippen molar-refractivity contribution in [3.05, 3.63) is 82.8 Å². The van der Waals surface area contributed by atoms with Crippen LogP contribution in [0.4, 0.5) is 0 Å². The standard InChI is InChI=1S/C25H26N4O3/c1-16-3-6-23(27-12-16)19-9-20(24(31)28-14-18-5-4-17(2)26-13-18)11-21(10-19)25(32)29-8-7-22(30)15-29/h3-6,9-13,22,30H,7-8,14-15H2,1-2H3,(H,28,31). The molecule has 2 aromatic heterocycles. The summed E-state index contributed by atoms with van der Waals surface area (Å²) in [5.74, 6) is -0.484. The monoisotopic (exact) mass is 430 g/mol. The van der Waals surface area contributed by atoms with Crippen molar-refractivity contribution in [2.75, 3.05) is 13.1 Å². The Balaban J connectivity index is 1.63. The van der Waals surface area contributed by atoms with Crippen molar-refractivity contribution in [2.24, 2.45) is 0 Å². The molecule has 0 spiro atoms. The van der Waals surface area contributed by atoms with Gasteiger partial charge in [-0.2, -0.15) is 0 Å². The second kappa shape index (κ2) is 9.28. The number of nitrogens with one attached hydrogen (secondary N) is 1. The minimum absolute atomic E-state index is 0.202. The number of aromatic nitrogens is 2. The maximum absolute atomic E-state index is 13.1. The van der Waals surface area contributed by atoms with Crippen LogP contribution < -0.4 is 5.32 Å². The molecular weight excluding hydrogens is 404 g/mol.